The fraction of sp³-hybridized carbons (Fsp3) is 0.130. The first-order valence-electron chi connectivity index (χ1n) is 9.09. The molecular formula is C23H21ClN2O4. The minimum atomic E-state index is -0.715. The van der Waals surface area contributed by atoms with E-state index in [0.717, 1.165) is 28.0 Å². The Bertz CT molecular complexity index is 1070. The van der Waals surface area contributed by atoms with E-state index < -0.39 is 5.54 Å². The number of carbonyl (C=O) groups is 1. The van der Waals surface area contributed by atoms with Gasteiger partial charge in [0.25, 0.3) is 12.5 Å². The van der Waals surface area contributed by atoms with Crippen molar-refractivity contribution in [1.29, 1.82) is 0 Å². The van der Waals surface area contributed by atoms with Gasteiger partial charge >= 0.3 is 0 Å². The van der Waals surface area contributed by atoms with Crippen molar-refractivity contribution in [2.24, 2.45) is 10.7 Å². The highest BCUT2D eigenvalue weighted by molar-refractivity contribution is 6.30. The van der Waals surface area contributed by atoms with Crippen LogP contribution in [0.3, 0.4) is 0 Å². The van der Waals surface area contributed by atoms with Crippen molar-refractivity contribution in [3.8, 4) is 16.9 Å². The van der Waals surface area contributed by atoms with Gasteiger partial charge < -0.3 is 20.3 Å². The van der Waals surface area contributed by atoms with E-state index >= 15 is 0 Å². The number of halogens is 1. The maximum Gasteiger partial charge on any atom is 0.290 e. The second-order valence-electron chi connectivity index (χ2n) is 6.53. The largest absolute Gasteiger partial charge is 0.497 e. The molecule has 1 heterocycles. The van der Waals surface area contributed by atoms with Crippen LogP contribution in [-0.2, 0) is 15.1 Å². The van der Waals surface area contributed by atoms with E-state index in [-0.39, 0.29) is 12.5 Å². The van der Waals surface area contributed by atoms with Crippen LogP contribution in [0.25, 0.3) is 11.1 Å². The van der Waals surface area contributed by atoms with Crippen LogP contribution in [0.15, 0.2) is 77.8 Å². The van der Waals surface area contributed by atoms with Crippen molar-refractivity contribution >= 4 is 24.1 Å². The molecule has 0 spiro atoms. The number of hydrogen-bond acceptors (Lipinski definition) is 5. The van der Waals surface area contributed by atoms with E-state index in [0.29, 0.717) is 11.6 Å². The average molecular weight is 425 g/mol. The topological polar surface area (TPSA) is 94.1 Å². The number of nitrogens with zero attached hydrogens (tertiary/aromatic N) is 1. The van der Waals surface area contributed by atoms with Gasteiger partial charge in [-0.2, -0.15) is 0 Å². The Hall–Kier alpha value is -3.51. The van der Waals surface area contributed by atoms with Crippen molar-refractivity contribution in [1.82, 2.24) is 0 Å². The van der Waals surface area contributed by atoms with Crippen molar-refractivity contribution in [2.45, 2.75) is 5.54 Å². The number of hydrogen-bond donors (Lipinski definition) is 2. The molecule has 0 fully saturated rings. The SMILES string of the molecule is COc1cccc(C2(c3cccc(-c4cccc(Cl)c4)c3)COC(N)=N2)c1.O=CO. The zero-order valence-corrected chi connectivity index (χ0v) is 17.0. The molecule has 1 atom stereocenters. The van der Waals surface area contributed by atoms with Crippen LogP contribution in [0.2, 0.25) is 5.02 Å². The Balaban J connectivity index is 0.000000806. The summed E-state index contributed by atoms with van der Waals surface area (Å²) >= 11 is 6.17. The lowest BCUT2D eigenvalue weighted by molar-refractivity contribution is -0.122. The van der Waals surface area contributed by atoms with Gasteiger partial charge in [0.05, 0.1) is 7.11 Å². The first-order valence-corrected chi connectivity index (χ1v) is 9.47. The molecule has 3 N–H and O–H groups in total. The molecule has 4 rings (SSSR count). The first-order chi connectivity index (χ1) is 14.5. The van der Waals surface area contributed by atoms with E-state index in [9.17, 15) is 0 Å². The van der Waals surface area contributed by atoms with Gasteiger partial charge in [-0.05, 0) is 52.6 Å². The molecule has 154 valence electrons. The molecule has 3 aromatic carbocycles. The number of rotatable bonds is 4. The summed E-state index contributed by atoms with van der Waals surface area (Å²) in [6.45, 7) is 0.0883. The second kappa shape index (κ2) is 9.33. The quantitative estimate of drug-likeness (QED) is 0.609. The fourth-order valence-electron chi connectivity index (χ4n) is 3.40. The van der Waals surface area contributed by atoms with E-state index in [1.54, 1.807) is 7.11 Å². The molecule has 0 radical (unpaired) electrons. The third-order valence-electron chi connectivity index (χ3n) is 4.78. The zero-order chi connectivity index (χ0) is 21.6. The summed E-state index contributed by atoms with van der Waals surface area (Å²) < 4.78 is 11.0. The van der Waals surface area contributed by atoms with Gasteiger partial charge in [0.1, 0.15) is 12.4 Å². The first kappa shape index (κ1) is 21.2. The lowest BCUT2D eigenvalue weighted by Gasteiger charge is -2.26. The molecule has 0 aromatic heterocycles. The predicted molar refractivity (Wildman–Crippen MR) is 117 cm³/mol. The van der Waals surface area contributed by atoms with Gasteiger partial charge in [0.2, 0.25) is 0 Å². The second-order valence-corrected chi connectivity index (χ2v) is 6.96. The van der Waals surface area contributed by atoms with Gasteiger partial charge in [-0.25, -0.2) is 4.99 Å². The molecule has 0 saturated heterocycles. The van der Waals surface area contributed by atoms with Crippen LogP contribution >= 0.6 is 11.6 Å². The molecule has 1 aliphatic heterocycles. The van der Waals surface area contributed by atoms with Crippen LogP contribution in [-0.4, -0.2) is 31.3 Å². The summed E-state index contributed by atoms with van der Waals surface area (Å²) in [6.07, 6.45) is 0. The number of ether oxygens (including phenoxy) is 2. The van der Waals surface area contributed by atoms with E-state index in [4.69, 9.17) is 36.7 Å². The maximum atomic E-state index is 8.36. The predicted octanol–water partition coefficient (Wildman–Crippen LogP) is 4.30. The van der Waals surface area contributed by atoms with Crippen LogP contribution in [0.4, 0.5) is 0 Å². The number of benzene rings is 3. The van der Waals surface area contributed by atoms with Gasteiger partial charge in [-0.3, -0.25) is 4.79 Å². The number of aliphatic imine (C=N–C) groups is 1. The highest BCUT2D eigenvalue weighted by atomic mass is 35.5. The molecular weight excluding hydrogens is 404 g/mol. The van der Waals surface area contributed by atoms with Gasteiger partial charge in [-0.1, -0.05) is 54.1 Å². The Morgan fingerprint density at radius 1 is 1.07 bits per heavy atom. The van der Waals surface area contributed by atoms with Gasteiger partial charge in [0, 0.05) is 5.02 Å². The standard InChI is InChI=1S/C22H19ClN2O2.CH2O2/c1-26-20-10-4-8-18(13-20)22(14-27-21(24)25-22)17-7-2-5-15(11-17)16-6-3-9-19(23)12-16;2-1-3/h2-13H,14H2,1H3,(H2,24,25);1H,(H,2,3). The Kier molecular flexibility index (Phi) is 6.59. The molecule has 0 saturated carbocycles. The summed E-state index contributed by atoms with van der Waals surface area (Å²) in [5, 5.41) is 7.59. The molecule has 30 heavy (non-hydrogen) atoms. The molecule has 6 nitrogen and oxygen atoms in total. The molecule has 7 heteroatoms. The van der Waals surface area contributed by atoms with Gasteiger partial charge in [0.15, 0.2) is 5.54 Å². The van der Waals surface area contributed by atoms with E-state index in [1.165, 1.54) is 0 Å². The van der Waals surface area contributed by atoms with Crippen LogP contribution in [0, 0.1) is 0 Å². The minimum Gasteiger partial charge on any atom is -0.497 e. The number of amidine groups is 1. The third-order valence-corrected chi connectivity index (χ3v) is 5.01. The molecule has 3 aromatic rings. The highest BCUT2D eigenvalue weighted by Crippen LogP contribution is 2.40. The van der Waals surface area contributed by atoms with Crippen molar-refractivity contribution in [3.63, 3.8) is 0 Å². The Morgan fingerprint density at radius 3 is 2.27 bits per heavy atom. The van der Waals surface area contributed by atoms with Crippen molar-refractivity contribution < 1.29 is 19.4 Å². The fourth-order valence-corrected chi connectivity index (χ4v) is 3.59. The lowest BCUT2D eigenvalue weighted by Crippen LogP contribution is -2.27. The molecule has 1 unspecified atom stereocenters. The highest BCUT2D eigenvalue weighted by Gasteiger charge is 2.40. The van der Waals surface area contributed by atoms with E-state index in [1.807, 2.05) is 60.7 Å². The summed E-state index contributed by atoms with van der Waals surface area (Å²) in [7, 11) is 1.65. The van der Waals surface area contributed by atoms with Crippen LogP contribution in [0.1, 0.15) is 11.1 Å². The van der Waals surface area contributed by atoms with Crippen LogP contribution < -0.4 is 10.5 Å². The zero-order valence-electron chi connectivity index (χ0n) is 16.3. The Morgan fingerprint density at radius 2 is 1.67 bits per heavy atom. The number of nitrogens with two attached hydrogens (primary N) is 1. The Labute approximate surface area is 179 Å². The van der Waals surface area contributed by atoms with Crippen LogP contribution in [0.5, 0.6) is 5.75 Å². The van der Waals surface area contributed by atoms with Gasteiger partial charge in [-0.15, -0.1) is 0 Å². The van der Waals surface area contributed by atoms with Crippen molar-refractivity contribution in [3.05, 3.63) is 88.9 Å². The number of methoxy groups -OCH3 is 1. The molecule has 0 amide bonds. The number of carboxylic acid groups (broad SMARTS) is 1. The summed E-state index contributed by atoms with van der Waals surface area (Å²) in [6, 6.07) is 24.0. The summed E-state index contributed by atoms with van der Waals surface area (Å²) in [5.74, 6) is 0.763. The average Bonchev–Trinajstić information content (AvgIpc) is 3.17. The molecule has 0 aliphatic carbocycles. The molecule has 1 aliphatic rings. The normalized spacial score (nSPS) is 17.2. The lowest BCUT2D eigenvalue weighted by atomic mass is 9.83. The molecule has 0 bridgehead atoms. The smallest absolute Gasteiger partial charge is 0.290 e. The third kappa shape index (κ3) is 4.39. The summed E-state index contributed by atoms with van der Waals surface area (Å²) in [4.78, 5) is 13.0. The monoisotopic (exact) mass is 424 g/mol. The summed E-state index contributed by atoms with van der Waals surface area (Å²) in [5.41, 5.74) is 9.24. The maximum absolute atomic E-state index is 8.36. The van der Waals surface area contributed by atoms with Crippen molar-refractivity contribution in [2.75, 3.05) is 13.7 Å². The van der Waals surface area contributed by atoms with E-state index in [2.05, 4.69) is 17.1 Å². The minimum absolute atomic E-state index is 0.186.